The van der Waals surface area contributed by atoms with Gasteiger partial charge < -0.3 is 10.2 Å². The third-order valence-corrected chi connectivity index (χ3v) is 6.34. The lowest BCUT2D eigenvalue weighted by atomic mass is 9.95. The van der Waals surface area contributed by atoms with Crippen molar-refractivity contribution < 1.29 is 9.59 Å². The van der Waals surface area contributed by atoms with E-state index in [1.807, 2.05) is 23.1 Å². The molecule has 6 heteroatoms. The number of nitrogens with zero attached hydrogens (tertiary/aromatic N) is 2. The predicted octanol–water partition coefficient (Wildman–Crippen LogP) is 2.87. The fourth-order valence-electron chi connectivity index (χ4n) is 3.61. The Hall–Kier alpha value is -1.15. The number of carbonyl (C=O) groups is 2. The van der Waals surface area contributed by atoms with Crippen molar-refractivity contribution in [3.8, 4) is 0 Å². The van der Waals surface area contributed by atoms with Gasteiger partial charge in [-0.3, -0.25) is 14.5 Å². The van der Waals surface area contributed by atoms with Crippen LogP contribution < -0.4 is 5.32 Å². The van der Waals surface area contributed by atoms with E-state index in [2.05, 4.69) is 39.7 Å². The maximum absolute atomic E-state index is 12.5. The number of aryl methyl sites for hydroxylation is 1. The minimum Gasteiger partial charge on any atom is -0.342 e. The lowest BCUT2D eigenvalue weighted by molar-refractivity contribution is -0.136. The molecule has 0 bridgehead atoms. The third kappa shape index (κ3) is 4.94. The summed E-state index contributed by atoms with van der Waals surface area (Å²) in [6.45, 7) is 5.95. The van der Waals surface area contributed by atoms with Gasteiger partial charge in [-0.05, 0) is 86.0 Å². The van der Waals surface area contributed by atoms with E-state index in [0.29, 0.717) is 12.5 Å². The molecule has 0 unspecified atom stereocenters. The molecule has 0 radical (unpaired) electrons. The number of benzene rings is 1. The van der Waals surface area contributed by atoms with E-state index in [0.717, 1.165) is 61.1 Å². The van der Waals surface area contributed by atoms with Crippen molar-refractivity contribution in [1.29, 1.82) is 0 Å². The van der Waals surface area contributed by atoms with Gasteiger partial charge in [-0.25, -0.2) is 0 Å². The van der Waals surface area contributed by atoms with Gasteiger partial charge in [0.25, 0.3) is 0 Å². The number of hydrogen-bond acceptors (Lipinski definition) is 3. The second kappa shape index (κ2) is 8.49. The Morgan fingerprint density at radius 3 is 2.48 bits per heavy atom. The highest BCUT2D eigenvalue weighted by Crippen LogP contribution is 2.22. The first-order valence-corrected chi connectivity index (χ1v) is 10.2. The zero-order chi connectivity index (χ0) is 17.8. The minimum atomic E-state index is 0.0176. The molecule has 2 heterocycles. The minimum absolute atomic E-state index is 0.0176. The Labute approximate surface area is 163 Å². The number of hydrogen-bond donors (Lipinski definition) is 1. The van der Waals surface area contributed by atoms with Gasteiger partial charge in [0, 0.05) is 28.3 Å². The quantitative estimate of drug-likeness (QED) is 0.711. The fraction of sp³-hybridized carbons (Fsp3) is 0.579. The largest absolute Gasteiger partial charge is 0.342 e. The van der Waals surface area contributed by atoms with Gasteiger partial charge in [-0.15, -0.1) is 0 Å². The van der Waals surface area contributed by atoms with Crippen LogP contribution in [0.25, 0.3) is 0 Å². The summed E-state index contributed by atoms with van der Waals surface area (Å²) in [6.07, 6.45) is 4.02. The standard InChI is InChI=1S/C19H26IN3O2/c1-14-4-5-16(12-17(14)20)21-18(24)13-22-10-6-15(7-11-22)19(25)23-8-2-3-9-23/h4-5,12,15H,2-3,6-11,13H2,1H3,(H,21,24). The van der Waals surface area contributed by atoms with E-state index in [9.17, 15) is 9.59 Å². The molecule has 0 spiro atoms. The molecule has 2 saturated heterocycles. The van der Waals surface area contributed by atoms with Crippen LogP contribution in [0, 0.1) is 16.4 Å². The summed E-state index contributed by atoms with van der Waals surface area (Å²) in [5, 5.41) is 2.98. The molecule has 2 fully saturated rings. The van der Waals surface area contributed by atoms with Crippen molar-refractivity contribution in [3.63, 3.8) is 0 Å². The molecule has 3 rings (SSSR count). The molecule has 1 aromatic rings. The molecule has 25 heavy (non-hydrogen) atoms. The number of rotatable bonds is 4. The summed E-state index contributed by atoms with van der Waals surface area (Å²) >= 11 is 2.28. The van der Waals surface area contributed by atoms with E-state index in [1.54, 1.807) is 0 Å². The maximum atomic E-state index is 12.5. The van der Waals surface area contributed by atoms with Gasteiger partial charge in [0.05, 0.1) is 6.54 Å². The van der Waals surface area contributed by atoms with Crippen LogP contribution in [0.15, 0.2) is 18.2 Å². The average molecular weight is 455 g/mol. The number of anilines is 1. The van der Waals surface area contributed by atoms with E-state index >= 15 is 0 Å². The van der Waals surface area contributed by atoms with Gasteiger partial charge >= 0.3 is 0 Å². The Morgan fingerprint density at radius 1 is 1.16 bits per heavy atom. The molecule has 1 aromatic carbocycles. The van der Waals surface area contributed by atoms with Gasteiger partial charge in [-0.1, -0.05) is 6.07 Å². The SMILES string of the molecule is Cc1ccc(NC(=O)CN2CCC(C(=O)N3CCCC3)CC2)cc1I. The molecule has 0 saturated carbocycles. The number of piperidine rings is 1. The molecular weight excluding hydrogens is 429 g/mol. The summed E-state index contributed by atoms with van der Waals surface area (Å²) in [6, 6.07) is 5.96. The van der Waals surface area contributed by atoms with Crippen molar-refractivity contribution >= 4 is 40.1 Å². The normalized spacial score (nSPS) is 19.2. The monoisotopic (exact) mass is 455 g/mol. The zero-order valence-corrected chi connectivity index (χ0v) is 16.9. The summed E-state index contributed by atoms with van der Waals surface area (Å²) in [5.41, 5.74) is 2.06. The smallest absolute Gasteiger partial charge is 0.238 e. The van der Waals surface area contributed by atoms with E-state index < -0.39 is 0 Å². The highest BCUT2D eigenvalue weighted by atomic mass is 127. The van der Waals surface area contributed by atoms with Gasteiger partial charge in [0.15, 0.2) is 0 Å². The number of likely N-dealkylation sites (tertiary alicyclic amines) is 2. The van der Waals surface area contributed by atoms with Crippen LogP contribution >= 0.6 is 22.6 Å². The van der Waals surface area contributed by atoms with Crippen molar-refractivity contribution in [2.75, 3.05) is 38.0 Å². The lowest BCUT2D eigenvalue weighted by Crippen LogP contribution is -2.43. The highest BCUT2D eigenvalue weighted by Gasteiger charge is 2.30. The van der Waals surface area contributed by atoms with E-state index in [1.165, 1.54) is 5.56 Å². The number of nitrogens with one attached hydrogen (secondary N) is 1. The van der Waals surface area contributed by atoms with Gasteiger partial charge in [0.2, 0.25) is 11.8 Å². The second-order valence-corrected chi connectivity index (χ2v) is 8.26. The highest BCUT2D eigenvalue weighted by molar-refractivity contribution is 14.1. The van der Waals surface area contributed by atoms with Crippen LogP contribution in [0.3, 0.4) is 0 Å². The topological polar surface area (TPSA) is 52.7 Å². The fourth-order valence-corrected chi connectivity index (χ4v) is 4.12. The Balaban J connectivity index is 1.44. The van der Waals surface area contributed by atoms with Crippen molar-refractivity contribution in [2.45, 2.75) is 32.6 Å². The van der Waals surface area contributed by atoms with Crippen LogP contribution in [-0.4, -0.2) is 54.3 Å². The van der Waals surface area contributed by atoms with Crippen LogP contribution in [0.1, 0.15) is 31.2 Å². The predicted molar refractivity (Wildman–Crippen MR) is 108 cm³/mol. The summed E-state index contributed by atoms with van der Waals surface area (Å²) in [5.74, 6) is 0.496. The van der Waals surface area contributed by atoms with Gasteiger partial charge in [-0.2, -0.15) is 0 Å². The van der Waals surface area contributed by atoms with Crippen LogP contribution in [0.5, 0.6) is 0 Å². The third-order valence-electron chi connectivity index (χ3n) is 5.18. The Kier molecular flexibility index (Phi) is 6.33. The van der Waals surface area contributed by atoms with Crippen LogP contribution in [-0.2, 0) is 9.59 Å². The molecule has 1 N–H and O–H groups in total. The summed E-state index contributed by atoms with van der Waals surface area (Å²) in [7, 11) is 0. The molecule has 5 nitrogen and oxygen atoms in total. The Bertz CT molecular complexity index is 636. The molecule has 0 aliphatic carbocycles. The zero-order valence-electron chi connectivity index (χ0n) is 14.8. The molecule has 0 aromatic heterocycles. The molecule has 2 amide bonds. The number of carbonyl (C=O) groups excluding carboxylic acids is 2. The summed E-state index contributed by atoms with van der Waals surface area (Å²) in [4.78, 5) is 28.9. The average Bonchev–Trinajstić information content (AvgIpc) is 3.13. The van der Waals surface area contributed by atoms with E-state index in [-0.39, 0.29) is 11.8 Å². The molecule has 0 atom stereocenters. The van der Waals surface area contributed by atoms with Crippen LogP contribution in [0.4, 0.5) is 5.69 Å². The lowest BCUT2D eigenvalue weighted by Gasteiger charge is -2.32. The molecule has 136 valence electrons. The molecule has 2 aliphatic rings. The first-order chi connectivity index (χ1) is 12.0. The first kappa shape index (κ1) is 18.6. The van der Waals surface area contributed by atoms with Crippen molar-refractivity contribution in [1.82, 2.24) is 9.80 Å². The summed E-state index contributed by atoms with van der Waals surface area (Å²) < 4.78 is 1.15. The molecular formula is C19H26IN3O2. The second-order valence-electron chi connectivity index (χ2n) is 7.09. The van der Waals surface area contributed by atoms with E-state index in [4.69, 9.17) is 0 Å². The number of amides is 2. The Morgan fingerprint density at radius 2 is 1.84 bits per heavy atom. The molecule has 2 aliphatic heterocycles. The first-order valence-electron chi connectivity index (χ1n) is 9.10. The maximum Gasteiger partial charge on any atom is 0.238 e. The van der Waals surface area contributed by atoms with Crippen LogP contribution in [0.2, 0.25) is 0 Å². The number of halogens is 1. The van der Waals surface area contributed by atoms with Crippen molar-refractivity contribution in [2.24, 2.45) is 5.92 Å². The van der Waals surface area contributed by atoms with Crippen molar-refractivity contribution in [3.05, 3.63) is 27.3 Å². The van der Waals surface area contributed by atoms with Gasteiger partial charge in [0.1, 0.15) is 0 Å².